The van der Waals surface area contributed by atoms with E-state index in [-0.39, 0.29) is 16.9 Å². The fraction of sp³-hybridized carbons (Fsp3) is 0.261. The van der Waals surface area contributed by atoms with Crippen molar-refractivity contribution >= 4 is 23.6 Å². The molecular weight excluding hydrogens is 418 g/mol. The zero-order chi connectivity index (χ0) is 22.4. The molecule has 0 radical (unpaired) electrons. The van der Waals surface area contributed by atoms with E-state index in [0.29, 0.717) is 42.3 Å². The van der Waals surface area contributed by atoms with Crippen LogP contribution in [0.4, 0.5) is 0 Å². The Balaban J connectivity index is 2.03. The molecule has 31 heavy (non-hydrogen) atoms. The predicted molar refractivity (Wildman–Crippen MR) is 119 cm³/mol. The van der Waals surface area contributed by atoms with Gasteiger partial charge in [-0.05, 0) is 44.2 Å². The van der Waals surface area contributed by atoms with E-state index in [1.807, 2.05) is 37.4 Å². The van der Waals surface area contributed by atoms with Gasteiger partial charge in [-0.15, -0.1) is 11.3 Å². The summed E-state index contributed by atoms with van der Waals surface area (Å²) >= 11 is 1.44. The van der Waals surface area contributed by atoms with Crippen molar-refractivity contribution < 1.29 is 28.5 Å². The molecule has 0 spiro atoms. The van der Waals surface area contributed by atoms with Crippen LogP contribution < -0.4 is 14.2 Å². The summed E-state index contributed by atoms with van der Waals surface area (Å²) in [5.74, 6) is 0.914. The van der Waals surface area contributed by atoms with Crippen LogP contribution in [0.25, 0.3) is 21.8 Å². The Hall–Kier alpha value is -3.39. The van der Waals surface area contributed by atoms with Crippen molar-refractivity contribution in [2.75, 3.05) is 27.4 Å². The smallest absolute Gasteiger partial charge is 0.341 e. The SMILES string of the molecule is CCOc1ccc(-c2nc(-c3cc(C=O)c(OC)c(C(=O)OC)c3)cs2)cc1OCC. The Morgan fingerprint density at radius 3 is 2.42 bits per heavy atom. The first-order valence-corrected chi connectivity index (χ1v) is 10.6. The highest BCUT2D eigenvalue weighted by molar-refractivity contribution is 7.13. The number of hydrogen-bond acceptors (Lipinski definition) is 8. The molecule has 0 unspecified atom stereocenters. The quantitative estimate of drug-likeness (QED) is 0.345. The summed E-state index contributed by atoms with van der Waals surface area (Å²) in [5, 5.41) is 2.63. The van der Waals surface area contributed by atoms with Gasteiger partial charge >= 0.3 is 5.97 Å². The number of rotatable bonds is 9. The van der Waals surface area contributed by atoms with E-state index in [4.69, 9.17) is 23.9 Å². The maximum Gasteiger partial charge on any atom is 0.341 e. The van der Waals surface area contributed by atoms with Gasteiger partial charge in [-0.3, -0.25) is 4.79 Å². The number of carbonyl (C=O) groups is 2. The van der Waals surface area contributed by atoms with Crippen LogP contribution in [0.15, 0.2) is 35.7 Å². The first-order chi connectivity index (χ1) is 15.1. The summed E-state index contributed by atoms with van der Waals surface area (Å²) in [5.41, 5.74) is 2.53. The number of benzene rings is 2. The lowest BCUT2D eigenvalue weighted by Crippen LogP contribution is -2.06. The fourth-order valence-electron chi connectivity index (χ4n) is 3.10. The highest BCUT2D eigenvalue weighted by Crippen LogP contribution is 2.37. The number of nitrogens with zero attached hydrogens (tertiary/aromatic N) is 1. The highest BCUT2D eigenvalue weighted by Gasteiger charge is 2.20. The number of methoxy groups -OCH3 is 2. The molecule has 162 valence electrons. The summed E-state index contributed by atoms with van der Waals surface area (Å²) in [6.45, 7) is 4.89. The molecule has 0 aliphatic heterocycles. The van der Waals surface area contributed by atoms with Gasteiger partial charge in [0, 0.05) is 16.5 Å². The summed E-state index contributed by atoms with van der Waals surface area (Å²) in [7, 11) is 2.68. The molecule has 1 heterocycles. The topological polar surface area (TPSA) is 84.0 Å². The van der Waals surface area contributed by atoms with Crippen molar-refractivity contribution in [2.45, 2.75) is 13.8 Å². The summed E-state index contributed by atoms with van der Waals surface area (Å²) in [6, 6.07) is 8.92. The minimum atomic E-state index is -0.592. The van der Waals surface area contributed by atoms with Gasteiger partial charge in [0.2, 0.25) is 0 Å². The monoisotopic (exact) mass is 441 g/mol. The zero-order valence-electron chi connectivity index (χ0n) is 17.8. The Morgan fingerprint density at radius 2 is 1.77 bits per heavy atom. The Morgan fingerprint density at radius 1 is 1.03 bits per heavy atom. The molecule has 0 aliphatic rings. The lowest BCUT2D eigenvalue weighted by molar-refractivity contribution is 0.0597. The molecule has 3 aromatic rings. The molecular formula is C23H23NO6S. The molecule has 0 fully saturated rings. The van der Waals surface area contributed by atoms with Crippen LogP contribution in [-0.2, 0) is 4.74 Å². The fourth-order valence-corrected chi connectivity index (χ4v) is 3.93. The number of aromatic nitrogens is 1. The molecule has 0 saturated carbocycles. The van der Waals surface area contributed by atoms with Crippen LogP contribution in [0.3, 0.4) is 0 Å². The lowest BCUT2D eigenvalue weighted by atomic mass is 10.0. The second-order valence-electron chi connectivity index (χ2n) is 6.32. The summed E-state index contributed by atoms with van der Waals surface area (Å²) in [4.78, 5) is 28.5. The van der Waals surface area contributed by atoms with Crippen LogP contribution >= 0.6 is 11.3 Å². The van der Waals surface area contributed by atoms with Crippen molar-refractivity contribution in [1.29, 1.82) is 0 Å². The van der Waals surface area contributed by atoms with Crippen LogP contribution in [-0.4, -0.2) is 44.7 Å². The van der Waals surface area contributed by atoms with Crippen molar-refractivity contribution in [3.63, 3.8) is 0 Å². The van der Waals surface area contributed by atoms with Crippen molar-refractivity contribution in [3.8, 4) is 39.1 Å². The average Bonchev–Trinajstić information content (AvgIpc) is 3.29. The number of thiazole rings is 1. The van der Waals surface area contributed by atoms with E-state index in [1.165, 1.54) is 25.6 Å². The minimum Gasteiger partial charge on any atom is -0.495 e. The number of carbonyl (C=O) groups excluding carboxylic acids is 2. The first-order valence-electron chi connectivity index (χ1n) is 9.67. The van der Waals surface area contributed by atoms with Gasteiger partial charge in [0.15, 0.2) is 17.8 Å². The lowest BCUT2D eigenvalue weighted by Gasteiger charge is -2.12. The molecule has 8 heteroatoms. The molecule has 1 aromatic heterocycles. The third-order valence-corrected chi connectivity index (χ3v) is 5.34. The van der Waals surface area contributed by atoms with Crippen molar-refractivity contribution in [2.24, 2.45) is 0 Å². The predicted octanol–water partition coefficient (Wildman–Crippen LogP) is 4.88. The Labute approximate surface area is 184 Å². The van der Waals surface area contributed by atoms with Gasteiger partial charge in [-0.2, -0.15) is 0 Å². The molecule has 2 aromatic carbocycles. The first kappa shape index (κ1) is 22.3. The molecule has 0 bridgehead atoms. The van der Waals surface area contributed by atoms with Crippen molar-refractivity contribution in [3.05, 3.63) is 46.8 Å². The Kier molecular flexibility index (Phi) is 7.25. The van der Waals surface area contributed by atoms with E-state index in [2.05, 4.69) is 0 Å². The standard InChI is InChI=1S/C23H23NO6S/c1-5-29-19-8-7-14(11-20(19)30-6-2)22-24-18(13-31-22)15-9-16(12-25)21(27-3)17(10-15)23(26)28-4/h7-13H,5-6H2,1-4H3. The van der Waals surface area contributed by atoms with Gasteiger partial charge in [0.25, 0.3) is 0 Å². The molecule has 7 nitrogen and oxygen atoms in total. The number of aldehydes is 1. The maximum atomic E-state index is 12.2. The van der Waals surface area contributed by atoms with Gasteiger partial charge < -0.3 is 18.9 Å². The molecule has 0 saturated heterocycles. The number of ether oxygens (including phenoxy) is 4. The van der Waals surface area contributed by atoms with Crippen LogP contribution in [0.5, 0.6) is 17.2 Å². The zero-order valence-corrected chi connectivity index (χ0v) is 18.6. The molecule has 0 amide bonds. The van der Waals surface area contributed by atoms with Gasteiger partial charge in [-0.1, -0.05) is 0 Å². The average molecular weight is 442 g/mol. The highest BCUT2D eigenvalue weighted by atomic mass is 32.1. The summed E-state index contributed by atoms with van der Waals surface area (Å²) in [6.07, 6.45) is 0.642. The van der Waals surface area contributed by atoms with E-state index in [0.717, 1.165) is 10.6 Å². The third-order valence-electron chi connectivity index (χ3n) is 4.44. The molecule has 0 atom stereocenters. The second-order valence-corrected chi connectivity index (χ2v) is 7.18. The van der Waals surface area contributed by atoms with E-state index in [9.17, 15) is 9.59 Å². The van der Waals surface area contributed by atoms with Crippen LogP contribution in [0.1, 0.15) is 34.6 Å². The minimum absolute atomic E-state index is 0.166. The van der Waals surface area contributed by atoms with Gasteiger partial charge in [0.05, 0.1) is 38.7 Å². The normalized spacial score (nSPS) is 10.5. The Bertz CT molecular complexity index is 1090. The summed E-state index contributed by atoms with van der Waals surface area (Å²) < 4.78 is 21.4. The molecule has 0 aliphatic carbocycles. The molecule has 0 N–H and O–H groups in total. The maximum absolute atomic E-state index is 12.2. The number of esters is 1. The van der Waals surface area contributed by atoms with Crippen LogP contribution in [0.2, 0.25) is 0 Å². The third kappa shape index (κ3) is 4.69. The van der Waals surface area contributed by atoms with Gasteiger partial charge in [0.1, 0.15) is 16.3 Å². The van der Waals surface area contributed by atoms with E-state index >= 15 is 0 Å². The van der Waals surface area contributed by atoms with E-state index in [1.54, 1.807) is 12.1 Å². The van der Waals surface area contributed by atoms with Crippen molar-refractivity contribution in [1.82, 2.24) is 4.98 Å². The van der Waals surface area contributed by atoms with E-state index < -0.39 is 5.97 Å². The largest absolute Gasteiger partial charge is 0.495 e. The second kappa shape index (κ2) is 10.1. The molecule has 3 rings (SSSR count). The van der Waals surface area contributed by atoms with Gasteiger partial charge in [-0.25, -0.2) is 9.78 Å². The number of hydrogen-bond donors (Lipinski definition) is 0. The van der Waals surface area contributed by atoms with Crippen LogP contribution in [0, 0.1) is 0 Å².